The van der Waals surface area contributed by atoms with Gasteiger partial charge in [-0.2, -0.15) is 0 Å². The second-order valence-electron chi connectivity index (χ2n) is 4.47. The molecule has 1 nitrogen and oxygen atoms in total. The van der Waals surface area contributed by atoms with Crippen molar-refractivity contribution in [2.75, 3.05) is 0 Å². The minimum absolute atomic E-state index is 0.468. The number of aryl methyl sites for hydroxylation is 1. The number of Topliss-reactive ketones (excluding diaryl/α,β-unsaturated/α-hetero) is 1. The van der Waals surface area contributed by atoms with E-state index in [9.17, 15) is 4.79 Å². The minimum Gasteiger partial charge on any atom is -0.300 e. The van der Waals surface area contributed by atoms with Gasteiger partial charge < -0.3 is 0 Å². The Morgan fingerprint density at radius 3 is 2.87 bits per heavy atom. The highest BCUT2D eigenvalue weighted by molar-refractivity contribution is 7.09. The van der Waals surface area contributed by atoms with Crippen molar-refractivity contribution in [2.45, 2.75) is 44.9 Å². The second-order valence-corrected chi connectivity index (χ2v) is 5.50. The van der Waals surface area contributed by atoms with Crippen LogP contribution in [0.3, 0.4) is 0 Å². The quantitative estimate of drug-likeness (QED) is 0.740. The van der Waals surface area contributed by atoms with E-state index in [1.54, 1.807) is 11.3 Å². The first-order valence-corrected chi connectivity index (χ1v) is 6.76. The van der Waals surface area contributed by atoms with Crippen LogP contribution in [-0.4, -0.2) is 5.78 Å². The van der Waals surface area contributed by atoms with Gasteiger partial charge in [0.15, 0.2) is 0 Å². The van der Waals surface area contributed by atoms with E-state index in [2.05, 4.69) is 17.5 Å². The summed E-state index contributed by atoms with van der Waals surface area (Å²) in [5.41, 5.74) is 0. The van der Waals surface area contributed by atoms with E-state index >= 15 is 0 Å². The van der Waals surface area contributed by atoms with Crippen LogP contribution in [0, 0.1) is 5.92 Å². The molecule has 0 spiro atoms. The average Bonchev–Trinajstić information content (AvgIpc) is 2.86. The molecule has 0 bridgehead atoms. The molecule has 1 aromatic rings. The molecule has 1 heterocycles. The Balaban J connectivity index is 1.68. The zero-order valence-electron chi connectivity index (χ0n) is 9.08. The van der Waals surface area contributed by atoms with Crippen molar-refractivity contribution in [3.05, 3.63) is 22.4 Å². The number of hydrogen-bond acceptors (Lipinski definition) is 2. The van der Waals surface area contributed by atoms with E-state index in [4.69, 9.17) is 0 Å². The van der Waals surface area contributed by atoms with E-state index in [-0.39, 0.29) is 0 Å². The maximum Gasteiger partial charge on any atom is 0.133 e. The fourth-order valence-electron chi connectivity index (χ4n) is 2.36. The van der Waals surface area contributed by atoms with Gasteiger partial charge in [-0.25, -0.2) is 0 Å². The molecule has 0 aliphatic heterocycles. The summed E-state index contributed by atoms with van der Waals surface area (Å²) < 4.78 is 0. The number of rotatable bonds is 5. The fraction of sp³-hybridized carbons (Fsp3) is 0.615. The summed E-state index contributed by atoms with van der Waals surface area (Å²) in [5.74, 6) is 1.18. The lowest BCUT2D eigenvalue weighted by Gasteiger charge is -2.06. The molecule has 0 aromatic carbocycles. The molecule has 0 unspecified atom stereocenters. The third-order valence-electron chi connectivity index (χ3n) is 3.22. The summed E-state index contributed by atoms with van der Waals surface area (Å²) in [5, 5.41) is 2.08. The summed E-state index contributed by atoms with van der Waals surface area (Å²) in [6.07, 6.45) is 7.77. The molecule has 1 aliphatic rings. The largest absolute Gasteiger partial charge is 0.300 e. The van der Waals surface area contributed by atoms with Crippen LogP contribution >= 0.6 is 11.3 Å². The number of ketones is 1. The predicted molar refractivity (Wildman–Crippen MR) is 64.2 cm³/mol. The maximum atomic E-state index is 11.7. The van der Waals surface area contributed by atoms with Gasteiger partial charge in [0, 0.05) is 17.7 Å². The molecular weight excluding hydrogens is 204 g/mol. The first-order chi connectivity index (χ1) is 7.34. The third kappa shape index (κ3) is 3.45. The number of carbonyl (C=O) groups is 1. The van der Waals surface area contributed by atoms with Crippen LogP contribution < -0.4 is 0 Å². The van der Waals surface area contributed by atoms with Crippen molar-refractivity contribution in [1.29, 1.82) is 0 Å². The first kappa shape index (κ1) is 10.9. The highest BCUT2D eigenvalue weighted by Crippen LogP contribution is 2.28. The van der Waals surface area contributed by atoms with Crippen molar-refractivity contribution >= 4 is 17.1 Å². The van der Waals surface area contributed by atoms with Gasteiger partial charge in [-0.05, 0) is 23.8 Å². The molecule has 82 valence electrons. The maximum absolute atomic E-state index is 11.7. The van der Waals surface area contributed by atoms with Crippen LogP contribution in [0.5, 0.6) is 0 Å². The minimum atomic E-state index is 0.468. The van der Waals surface area contributed by atoms with Gasteiger partial charge in [-0.15, -0.1) is 11.3 Å². The Labute approximate surface area is 95.5 Å². The molecule has 2 heteroatoms. The number of carbonyl (C=O) groups excluding carboxylic acids is 1. The summed E-state index contributed by atoms with van der Waals surface area (Å²) in [6, 6.07) is 4.18. The normalized spacial score (nSPS) is 17.1. The Morgan fingerprint density at radius 1 is 1.40 bits per heavy atom. The lowest BCUT2D eigenvalue weighted by molar-refractivity contribution is -0.119. The third-order valence-corrected chi connectivity index (χ3v) is 4.16. The zero-order valence-corrected chi connectivity index (χ0v) is 9.89. The predicted octanol–water partition coefficient (Wildman–Crippen LogP) is 3.83. The molecule has 0 saturated heterocycles. The fourth-order valence-corrected chi connectivity index (χ4v) is 3.06. The molecule has 1 saturated carbocycles. The number of hydrogen-bond donors (Lipinski definition) is 0. The topological polar surface area (TPSA) is 17.1 Å². The van der Waals surface area contributed by atoms with Crippen molar-refractivity contribution in [2.24, 2.45) is 5.92 Å². The lowest BCUT2D eigenvalue weighted by Crippen LogP contribution is -2.05. The van der Waals surface area contributed by atoms with Crippen molar-refractivity contribution in [1.82, 2.24) is 0 Å². The van der Waals surface area contributed by atoms with Gasteiger partial charge in [-0.1, -0.05) is 31.7 Å². The van der Waals surface area contributed by atoms with Gasteiger partial charge in [0.2, 0.25) is 0 Å². The van der Waals surface area contributed by atoms with E-state index in [0.29, 0.717) is 11.7 Å². The molecule has 1 aliphatic carbocycles. The smallest absolute Gasteiger partial charge is 0.133 e. The molecule has 2 rings (SSSR count). The van der Waals surface area contributed by atoms with Gasteiger partial charge in [0.1, 0.15) is 5.78 Å². The van der Waals surface area contributed by atoms with Gasteiger partial charge in [-0.3, -0.25) is 4.79 Å². The summed E-state index contributed by atoms with van der Waals surface area (Å²) in [4.78, 5) is 13.0. The molecule has 15 heavy (non-hydrogen) atoms. The van der Waals surface area contributed by atoms with Gasteiger partial charge in [0.25, 0.3) is 0 Å². The standard InChI is InChI=1S/C13H18OS/c14-12(10-11-4-1-2-5-11)7-8-13-6-3-9-15-13/h3,6,9,11H,1-2,4-5,7-8,10H2. The molecule has 0 N–H and O–H groups in total. The molecule has 0 amide bonds. The molecule has 1 aromatic heterocycles. The van der Waals surface area contributed by atoms with Crippen LogP contribution in [0.25, 0.3) is 0 Å². The highest BCUT2D eigenvalue weighted by atomic mass is 32.1. The van der Waals surface area contributed by atoms with E-state index in [1.807, 2.05) is 0 Å². The Hall–Kier alpha value is -0.630. The molecule has 0 radical (unpaired) electrons. The number of thiophene rings is 1. The van der Waals surface area contributed by atoms with E-state index < -0.39 is 0 Å². The summed E-state index contributed by atoms with van der Waals surface area (Å²) >= 11 is 1.76. The van der Waals surface area contributed by atoms with Gasteiger partial charge >= 0.3 is 0 Å². The van der Waals surface area contributed by atoms with E-state index in [1.165, 1.54) is 30.6 Å². The monoisotopic (exact) mass is 222 g/mol. The zero-order chi connectivity index (χ0) is 10.5. The molecular formula is C13H18OS. The first-order valence-electron chi connectivity index (χ1n) is 5.88. The van der Waals surface area contributed by atoms with Crippen molar-refractivity contribution in [3.63, 3.8) is 0 Å². The van der Waals surface area contributed by atoms with Crippen molar-refractivity contribution in [3.8, 4) is 0 Å². The second kappa shape index (κ2) is 5.45. The van der Waals surface area contributed by atoms with Crippen LogP contribution in [0.15, 0.2) is 17.5 Å². The Kier molecular flexibility index (Phi) is 3.95. The van der Waals surface area contributed by atoms with Crippen molar-refractivity contribution < 1.29 is 4.79 Å². The average molecular weight is 222 g/mol. The van der Waals surface area contributed by atoms with Gasteiger partial charge in [0.05, 0.1) is 0 Å². The van der Waals surface area contributed by atoms with Crippen LogP contribution in [-0.2, 0) is 11.2 Å². The molecule has 1 fully saturated rings. The molecule has 0 atom stereocenters. The van der Waals surface area contributed by atoms with Crippen LogP contribution in [0.4, 0.5) is 0 Å². The lowest BCUT2D eigenvalue weighted by atomic mass is 9.99. The Bertz CT molecular complexity index is 296. The van der Waals surface area contributed by atoms with Crippen LogP contribution in [0.1, 0.15) is 43.4 Å². The van der Waals surface area contributed by atoms with Crippen LogP contribution in [0.2, 0.25) is 0 Å². The summed E-state index contributed by atoms with van der Waals surface area (Å²) in [6.45, 7) is 0. The SMILES string of the molecule is O=C(CCc1cccs1)CC1CCCC1. The Morgan fingerprint density at radius 2 is 2.20 bits per heavy atom. The van der Waals surface area contributed by atoms with E-state index in [0.717, 1.165) is 19.3 Å². The summed E-state index contributed by atoms with van der Waals surface area (Å²) in [7, 11) is 0. The highest BCUT2D eigenvalue weighted by Gasteiger charge is 2.18.